The Bertz CT molecular complexity index is 539. The van der Waals surface area contributed by atoms with Gasteiger partial charge in [-0.1, -0.05) is 12.1 Å². The molecule has 1 N–H and O–H groups in total. The van der Waals surface area contributed by atoms with Gasteiger partial charge in [-0.2, -0.15) is 0 Å². The highest BCUT2D eigenvalue weighted by Gasteiger charge is 2.07. The number of esters is 2. The van der Waals surface area contributed by atoms with Gasteiger partial charge in [-0.05, 0) is 23.8 Å². The molecule has 0 heterocycles. The lowest BCUT2D eigenvalue weighted by Gasteiger charge is -2.03. The summed E-state index contributed by atoms with van der Waals surface area (Å²) in [5, 5.41) is 2.21. The van der Waals surface area contributed by atoms with Gasteiger partial charge in [0.1, 0.15) is 12.4 Å². The van der Waals surface area contributed by atoms with Crippen molar-refractivity contribution in [3.8, 4) is 0 Å². The fraction of sp³-hybridized carbons (Fsp3) is 0.214. The summed E-state index contributed by atoms with van der Waals surface area (Å²) in [4.78, 5) is 33.3. The van der Waals surface area contributed by atoms with Crippen LogP contribution < -0.4 is 5.32 Å². The molecule has 7 heteroatoms. The topological polar surface area (TPSA) is 81.7 Å². The number of nitrogens with one attached hydrogen (secondary N) is 1. The summed E-state index contributed by atoms with van der Waals surface area (Å²) in [5.74, 6) is -2.33. The van der Waals surface area contributed by atoms with Gasteiger partial charge in [-0.15, -0.1) is 0 Å². The number of amides is 1. The number of carbonyl (C=O) groups excluding carboxylic acids is 3. The molecular weight excluding hydrogens is 281 g/mol. The van der Waals surface area contributed by atoms with E-state index < -0.39 is 24.5 Å². The van der Waals surface area contributed by atoms with Crippen molar-refractivity contribution in [2.24, 2.45) is 0 Å². The first-order valence-corrected chi connectivity index (χ1v) is 5.95. The summed E-state index contributed by atoms with van der Waals surface area (Å²) in [6.07, 6.45) is 2.54. The van der Waals surface area contributed by atoms with Crippen LogP contribution in [0.1, 0.15) is 5.56 Å². The highest BCUT2D eigenvalue weighted by molar-refractivity contribution is 5.89. The zero-order valence-electron chi connectivity index (χ0n) is 11.3. The zero-order chi connectivity index (χ0) is 15.7. The van der Waals surface area contributed by atoms with E-state index in [9.17, 15) is 18.8 Å². The van der Waals surface area contributed by atoms with Gasteiger partial charge in [0, 0.05) is 6.08 Å². The molecular formula is C14H14FNO5. The van der Waals surface area contributed by atoms with Gasteiger partial charge in [-0.25, -0.2) is 9.18 Å². The Balaban J connectivity index is 2.32. The fourth-order valence-electron chi connectivity index (χ4n) is 1.22. The molecule has 0 aliphatic rings. The van der Waals surface area contributed by atoms with E-state index in [1.165, 1.54) is 37.5 Å². The maximum Gasteiger partial charge on any atom is 0.331 e. The van der Waals surface area contributed by atoms with E-state index >= 15 is 0 Å². The molecule has 0 atom stereocenters. The number of halogens is 1. The van der Waals surface area contributed by atoms with Crippen molar-refractivity contribution >= 4 is 23.9 Å². The Morgan fingerprint density at radius 3 is 2.52 bits per heavy atom. The first-order chi connectivity index (χ1) is 10.0. The third kappa shape index (κ3) is 6.86. The summed E-state index contributed by atoms with van der Waals surface area (Å²) in [7, 11) is 1.19. The van der Waals surface area contributed by atoms with Gasteiger partial charge in [0.25, 0.3) is 5.91 Å². The molecule has 1 aromatic carbocycles. The van der Waals surface area contributed by atoms with Gasteiger partial charge in [0.2, 0.25) is 0 Å². The van der Waals surface area contributed by atoms with Crippen molar-refractivity contribution in [2.45, 2.75) is 0 Å². The third-order valence-electron chi connectivity index (χ3n) is 2.28. The molecule has 0 saturated carbocycles. The van der Waals surface area contributed by atoms with Crippen LogP contribution in [-0.2, 0) is 23.9 Å². The molecule has 21 heavy (non-hydrogen) atoms. The second-order valence-corrected chi connectivity index (χ2v) is 3.85. The minimum absolute atomic E-state index is 0.293. The highest BCUT2D eigenvalue weighted by atomic mass is 19.1. The van der Waals surface area contributed by atoms with Crippen LogP contribution in [0.3, 0.4) is 0 Å². The van der Waals surface area contributed by atoms with Crippen LogP contribution >= 0.6 is 0 Å². The van der Waals surface area contributed by atoms with Crippen LogP contribution in [0.25, 0.3) is 6.08 Å². The van der Waals surface area contributed by atoms with E-state index in [1.54, 1.807) is 0 Å². The van der Waals surface area contributed by atoms with Gasteiger partial charge in [0.05, 0.1) is 7.11 Å². The number of rotatable bonds is 6. The van der Waals surface area contributed by atoms with E-state index in [4.69, 9.17) is 0 Å². The van der Waals surface area contributed by atoms with Gasteiger partial charge in [-0.3, -0.25) is 9.59 Å². The van der Waals surface area contributed by atoms with E-state index in [0.29, 0.717) is 5.56 Å². The Hall–Kier alpha value is -2.70. The first kappa shape index (κ1) is 16.4. The predicted octanol–water partition coefficient (Wildman–Crippen LogP) is 0.671. The lowest BCUT2D eigenvalue weighted by atomic mass is 10.2. The summed E-state index contributed by atoms with van der Waals surface area (Å²) < 4.78 is 21.6. The molecule has 0 aliphatic heterocycles. The van der Waals surface area contributed by atoms with Crippen molar-refractivity contribution < 1.29 is 28.2 Å². The van der Waals surface area contributed by atoms with Gasteiger partial charge >= 0.3 is 11.9 Å². The minimum Gasteiger partial charge on any atom is -0.468 e. The number of methoxy groups -OCH3 is 1. The van der Waals surface area contributed by atoms with Crippen LogP contribution in [0.15, 0.2) is 30.3 Å². The quantitative estimate of drug-likeness (QED) is 0.616. The Kier molecular flexibility index (Phi) is 6.59. The van der Waals surface area contributed by atoms with Crippen molar-refractivity contribution in [3.63, 3.8) is 0 Å². The average molecular weight is 295 g/mol. The molecule has 0 radical (unpaired) electrons. The number of hydrogen-bond donors (Lipinski definition) is 1. The van der Waals surface area contributed by atoms with Crippen molar-refractivity contribution in [3.05, 3.63) is 41.7 Å². The second-order valence-electron chi connectivity index (χ2n) is 3.85. The standard InChI is InChI=1S/C14H14FNO5/c1-20-14(19)8-16-12(17)9-21-13(18)7-4-10-2-5-11(15)6-3-10/h2-7H,8-9H2,1H3,(H,16,17)/b7-4+. The van der Waals surface area contributed by atoms with Gasteiger partial charge in [0.15, 0.2) is 6.61 Å². The average Bonchev–Trinajstić information content (AvgIpc) is 2.49. The third-order valence-corrected chi connectivity index (χ3v) is 2.28. The van der Waals surface area contributed by atoms with Gasteiger partial charge < -0.3 is 14.8 Å². The molecule has 1 amide bonds. The number of benzene rings is 1. The minimum atomic E-state index is -0.729. The number of carbonyl (C=O) groups is 3. The molecule has 0 unspecified atom stereocenters. The molecule has 0 spiro atoms. The molecule has 0 fully saturated rings. The van der Waals surface area contributed by atoms with E-state index in [0.717, 1.165) is 6.08 Å². The monoisotopic (exact) mass is 295 g/mol. The summed E-state index contributed by atoms with van der Waals surface area (Å²) in [6, 6.07) is 5.49. The molecule has 0 bridgehead atoms. The largest absolute Gasteiger partial charge is 0.468 e. The SMILES string of the molecule is COC(=O)CNC(=O)COC(=O)/C=C/c1ccc(F)cc1. The van der Waals surface area contributed by atoms with E-state index in [1.807, 2.05) is 0 Å². The van der Waals surface area contributed by atoms with Crippen molar-refractivity contribution in [1.29, 1.82) is 0 Å². The van der Waals surface area contributed by atoms with E-state index in [2.05, 4.69) is 14.8 Å². The van der Waals surface area contributed by atoms with Crippen LogP contribution in [0.2, 0.25) is 0 Å². The Labute approximate surface area is 120 Å². The van der Waals surface area contributed by atoms with Crippen LogP contribution in [0.5, 0.6) is 0 Å². The van der Waals surface area contributed by atoms with Crippen molar-refractivity contribution in [2.75, 3.05) is 20.3 Å². The molecule has 0 saturated heterocycles. The molecule has 1 rings (SSSR count). The van der Waals surface area contributed by atoms with Crippen molar-refractivity contribution in [1.82, 2.24) is 5.32 Å². The lowest BCUT2D eigenvalue weighted by molar-refractivity contribution is -0.145. The number of ether oxygens (including phenoxy) is 2. The second kappa shape index (κ2) is 8.47. The first-order valence-electron chi connectivity index (χ1n) is 5.95. The molecule has 0 aromatic heterocycles. The zero-order valence-corrected chi connectivity index (χ0v) is 11.3. The normalized spacial score (nSPS) is 10.2. The Morgan fingerprint density at radius 2 is 1.90 bits per heavy atom. The maximum absolute atomic E-state index is 12.7. The lowest BCUT2D eigenvalue weighted by Crippen LogP contribution is -2.33. The smallest absolute Gasteiger partial charge is 0.331 e. The van der Waals surface area contributed by atoms with E-state index in [-0.39, 0.29) is 12.4 Å². The summed E-state index contributed by atoms with van der Waals surface area (Å²) in [5.41, 5.74) is 0.614. The summed E-state index contributed by atoms with van der Waals surface area (Å²) in [6.45, 7) is -0.804. The van der Waals surface area contributed by atoms with Crippen LogP contribution in [-0.4, -0.2) is 38.1 Å². The molecule has 1 aromatic rings. The Morgan fingerprint density at radius 1 is 1.24 bits per heavy atom. The molecule has 0 aliphatic carbocycles. The molecule has 6 nitrogen and oxygen atoms in total. The highest BCUT2D eigenvalue weighted by Crippen LogP contribution is 2.04. The molecule has 112 valence electrons. The fourth-order valence-corrected chi connectivity index (χ4v) is 1.22. The van der Waals surface area contributed by atoms with Crippen LogP contribution in [0.4, 0.5) is 4.39 Å². The van der Waals surface area contributed by atoms with Crippen LogP contribution in [0, 0.1) is 5.82 Å². The predicted molar refractivity (Wildman–Crippen MR) is 71.4 cm³/mol. The summed E-state index contributed by atoms with van der Waals surface area (Å²) >= 11 is 0. The number of hydrogen-bond acceptors (Lipinski definition) is 5. The maximum atomic E-state index is 12.7.